The number of rotatable bonds is 0. The predicted molar refractivity (Wildman–Crippen MR) is 54.5 cm³/mol. The van der Waals surface area contributed by atoms with E-state index in [1.54, 1.807) is 0 Å². The maximum Gasteiger partial charge on any atom is -0.0132 e. The molecule has 0 aliphatic carbocycles. The molecule has 0 heterocycles. The zero-order valence-corrected chi connectivity index (χ0v) is 8.54. The van der Waals surface area contributed by atoms with Gasteiger partial charge in [-0.3, -0.25) is 0 Å². The van der Waals surface area contributed by atoms with Crippen molar-refractivity contribution in [2.24, 2.45) is 0 Å². The Balaban J connectivity index is 3.06. The molecule has 11 heavy (non-hydrogen) atoms. The molecule has 0 nitrogen and oxygen atoms in total. The third kappa shape index (κ3) is 2.31. The van der Waals surface area contributed by atoms with Crippen molar-refractivity contribution in [2.45, 2.75) is 26.2 Å². The van der Waals surface area contributed by atoms with Gasteiger partial charge in [0.15, 0.2) is 0 Å². The summed E-state index contributed by atoms with van der Waals surface area (Å²) in [4.78, 5) is 0. The van der Waals surface area contributed by atoms with Gasteiger partial charge in [0.1, 0.15) is 0 Å². The maximum atomic E-state index is 2.72. The van der Waals surface area contributed by atoms with E-state index in [0.717, 1.165) is 0 Å². The van der Waals surface area contributed by atoms with Crippen LogP contribution in [0.15, 0.2) is 24.3 Å². The van der Waals surface area contributed by atoms with Crippen LogP contribution in [0.25, 0.3) is 0 Å². The Labute approximate surface area is 71.2 Å². The first-order valence-corrected chi connectivity index (χ1v) is 4.44. The predicted octanol–water partition coefficient (Wildman–Crippen LogP) is 2.48. The summed E-state index contributed by atoms with van der Waals surface area (Å²) in [5.41, 5.74) is 1.66. The van der Waals surface area contributed by atoms with Crippen molar-refractivity contribution in [2.75, 3.05) is 0 Å². The maximum absolute atomic E-state index is 2.72. The van der Waals surface area contributed by atoms with Gasteiger partial charge >= 0.3 is 0 Å². The summed E-state index contributed by atoms with van der Waals surface area (Å²) >= 11 is 0. The van der Waals surface area contributed by atoms with Crippen LogP contribution in [-0.2, 0) is 5.41 Å². The lowest BCUT2D eigenvalue weighted by Gasteiger charge is -2.18. The third-order valence-electron chi connectivity index (χ3n) is 1.75. The van der Waals surface area contributed by atoms with Gasteiger partial charge in [-0.1, -0.05) is 45.0 Å². The zero-order chi connectivity index (χ0) is 8.48. The molecule has 60 valence electrons. The molecule has 1 atom stereocenters. The highest BCUT2D eigenvalue weighted by molar-refractivity contribution is 7.27. The van der Waals surface area contributed by atoms with E-state index in [0.29, 0.717) is 0 Å². The van der Waals surface area contributed by atoms with Crippen LogP contribution in [-0.4, -0.2) is 0 Å². The third-order valence-corrected chi connectivity index (χ3v) is 2.11. The van der Waals surface area contributed by atoms with Gasteiger partial charge in [0.05, 0.1) is 0 Å². The zero-order valence-electron chi connectivity index (χ0n) is 7.39. The summed E-state index contributed by atoms with van der Waals surface area (Å²) in [5.74, 6) is 0. The first-order valence-electron chi connectivity index (χ1n) is 3.86. The van der Waals surface area contributed by atoms with E-state index >= 15 is 0 Å². The van der Waals surface area contributed by atoms with Crippen LogP contribution in [0.1, 0.15) is 26.3 Å². The molecule has 0 amide bonds. The van der Waals surface area contributed by atoms with Crippen molar-refractivity contribution in [1.29, 1.82) is 0 Å². The molecule has 1 unspecified atom stereocenters. The molecule has 0 aliphatic heterocycles. The average Bonchev–Trinajstić information content (AvgIpc) is 1.86. The quantitative estimate of drug-likeness (QED) is 0.519. The second-order valence-electron chi connectivity index (χ2n) is 3.88. The Morgan fingerprint density at radius 2 is 1.82 bits per heavy atom. The van der Waals surface area contributed by atoms with Crippen LogP contribution in [0.4, 0.5) is 0 Å². The molecule has 0 N–H and O–H groups in total. The molecule has 1 aromatic carbocycles. The lowest BCUT2D eigenvalue weighted by atomic mass is 9.87. The second kappa shape index (κ2) is 2.95. The molecule has 0 aliphatic rings. The van der Waals surface area contributed by atoms with Crippen LogP contribution in [0, 0.1) is 0 Å². The Hall–Kier alpha value is -0.350. The fourth-order valence-electron chi connectivity index (χ4n) is 1.01. The van der Waals surface area contributed by atoms with Crippen LogP contribution < -0.4 is 5.30 Å². The first-order chi connectivity index (χ1) is 5.00. The molecule has 0 fully saturated rings. The standard InChI is InChI=1S/C10H15P/c1-10(2,3)8-5-4-6-9(11)7-8/h4-7H,11H2,1-3H3. The number of hydrogen-bond acceptors (Lipinski definition) is 0. The summed E-state index contributed by atoms with van der Waals surface area (Å²) in [6.07, 6.45) is 0. The van der Waals surface area contributed by atoms with Crippen molar-refractivity contribution in [3.63, 3.8) is 0 Å². The Bertz CT molecular complexity index is 245. The van der Waals surface area contributed by atoms with E-state index in [1.807, 2.05) is 0 Å². The number of benzene rings is 1. The second-order valence-corrected chi connectivity index (χ2v) is 4.54. The normalized spacial score (nSPS) is 11.6. The van der Waals surface area contributed by atoms with Gasteiger partial charge in [-0.25, -0.2) is 0 Å². The van der Waals surface area contributed by atoms with Crippen molar-refractivity contribution < 1.29 is 0 Å². The summed E-state index contributed by atoms with van der Waals surface area (Å²) in [6.45, 7) is 6.69. The Morgan fingerprint density at radius 1 is 1.18 bits per heavy atom. The van der Waals surface area contributed by atoms with E-state index in [2.05, 4.69) is 54.3 Å². The fraction of sp³-hybridized carbons (Fsp3) is 0.400. The molecule has 0 radical (unpaired) electrons. The van der Waals surface area contributed by atoms with Crippen molar-refractivity contribution in [3.8, 4) is 0 Å². The average molecular weight is 166 g/mol. The SMILES string of the molecule is CC(C)(C)c1cccc(P)c1. The minimum atomic E-state index is 0.270. The summed E-state index contributed by atoms with van der Waals surface area (Å²) in [6, 6.07) is 8.58. The molecule has 0 saturated carbocycles. The summed E-state index contributed by atoms with van der Waals surface area (Å²) in [5, 5.41) is 1.26. The molecule has 1 rings (SSSR count). The van der Waals surface area contributed by atoms with Crippen LogP contribution >= 0.6 is 9.24 Å². The van der Waals surface area contributed by atoms with Crippen LogP contribution in [0.2, 0.25) is 0 Å². The first kappa shape index (κ1) is 8.74. The summed E-state index contributed by atoms with van der Waals surface area (Å²) < 4.78 is 0. The van der Waals surface area contributed by atoms with Crippen LogP contribution in [0.5, 0.6) is 0 Å². The number of hydrogen-bond donors (Lipinski definition) is 0. The Morgan fingerprint density at radius 3 is 2.18 bits per heavy atom. The lowest BCUT2D eigenvalue weighted by molar-refractivity contribution is 0.591. The minimum absolute atomic E-state index is 0.270. The molecule has 0 spiro atoms. The molecule has 1 heteroatoms. The summed E-state index contributed by atoms with van der Waals surface area (Å²) in [7, 11) is 2.72. The highest BCUT2D eigenvalue weighted by atomic mass is 31.0. The highest BCUT2D eigenvalue weighted by Crippen LogP contribution is 2.20. The molecular formula is C10H15P. The van der Waals surface area contributed by atoms with E-state index < -0.39 is 0 Å². The fourth-order valence-corrected chi connectivity index (χ4v) is 1.30. The van der Waals surface area contributed by atoms with E-state index in [1.165, 1.54) is 10.9 Å². The van der Waals surface area contributed by atoms with Gasteiger partial charge in [0.25, 0.3) is 0 Å². The van der Waals surface area contributed by atoms with Gasteiger partial charge in [-0.15, -0.1) is 9.24 Å². The molecule has 0 aromatic heterocycles. The topological polar surface area (TPSA) is 0 Å². The van der Waals surface area contributed by atoms with Crippen molar-refractivity contribution >= 4 is 14.5 Å². The monoisotopic (exact) mass is 166 g/mol. The van der Waals surface area contributed by atoms with Gasteiger partial charge in [0.2, 0.25) is 0 Å². The largest absolute Gasteiger partial charge is 0.106 e. The molecule has 1 aromatic rings. The molecule has 0 bridgehead atoms. The van der Waals surface area contributed by atoms with E-state index in [4.69, 9.17) is 0 Å². The molecular weight excluding hydrogens is 151 g/mol. The van der Waals surface area contributed by atoms with Gasteiger partial charge < -0.3 is 0 Å². The smallest absolute Gasteiger partial charge is 0.0132 e. The lowest BCUT2D eigenvalue weighted by Crippen LogP contribution is -2.12. The molecule has 0 saturated heterocycles. The van der Waals surface area contributed by atoms with Gasteiger partial charge in [-0.05, 0) is 16.3 Å². The van der Waals surface area contributed by atoms with E-state index in [9.17, 15) is 0 Å². The Kier molecular flexibility index (Phi) is 2.34. The van der Waals surface area contributed by atoms with Crippen LogP contribution in [0.3, 0.4) is 0 Å². The highest BCUT2D eigenvalue weighted by Gasteiger charge is 2.12. The van der Waals surface area contributed by atoms with Gasteiger partial charge in [0, 0.05) is 0 Å². The van der Waals surface area contributed by atoms with E-state index in [-0.39, 0.29) is 5.41 Å². The van der Waals surface area contributed by atoms with Crippen molar-refractivity contribution in [3.05, 3.63) is 29.8 Å². The van der Waals surface area contributed by atoms with Crippen molar-refractivity contribution in [1.82, 2.24) is 0 Å². The van der Waals surface area contributed by atoms with Gasteiger partial charge in [-0.2, -0.15) is 0 Å². The minimum Gasteiger partial charge on any atom is -0.106 e.